The van der Waals surface area contributed by atoms with Crippen LogP contribution in [0, 0.1) is 11.3 Å². The summed E-state index contributed by atoms with van der Waals surface area (Å²) in [6, 6.07) is 20.3. The molecule has 30 heavy (non-hydrogen) atoms. The molecule has 1 fully saturated rings. The van der Waals surface area contributed by atoms with Crippen molar-refractivity contribution in [3.05, 3.63) is 65.9 Å². The van der Waals surface area contributed by atoms with Gasteiger partial charge in [0.2, 0.25) is 6.79 Å². The van der Waals surface area contributed by atoms with Gasteiger partial charge < -0.3 is 29.6 Å². The van der Waals surface area contributed by atoms with Crippen LogP contribution in [0.4, 0.5) is 17.2 Å². The van der Waals surface area contributed by atoms with Crippen LogP contribution in [-0.2, 0) is 6.54 Å². The van der Waals surface area contributed by atoms with Crippen molar-refractivity contribution in [3.8, 4) is 17.6 Å². The number of rotatable bonds is 4. The van der Waals surface area contributed by atoms with Gasteiger partial charge in [0.1, 0.15) is 17.6 Å². The van der Waals surface area contributed by atoms with Gasteiger partial charge in [-0.3, -0.25) is 0 Å². The van der Waals surface area contributed by atoms with Crippen molar-refractivity contribution in [1.82, 2.24) is 4.57 Å². The van der Waals surface area contributed by atoms with E-state index in [0.717, 1.165) is 54.7 Å². The molecule has 2 N–H and O–H groups in total. The van der Waals surface area contributed by atoms with Crippen LogP contribution in [0.1, 0.15) is 11.3 Å². The quantitative estimate of drug-likeness (QED) is 0.724. The van der Waals surface area contributed by atoms with E-state index in [1.165, 1.54) is 0 Å². The van der Waals surface area contributed by atoms with Crippen LogP contribution in [0.3, 0.4) is 0 Å². The van der Waals surface area contributed by atoms with E-state index in [-0.39, 0.29) is 6.79 Å². The Morgan fingerprint density at radius 3 is 2.40 bits per heavy atom. The van der Waals surface area contributed by atoms with E-state index in [2.05, 4.69) is 34.1 Å². The fourth-order valence-electron chi connectivity index (χ4n) is 4.19. The molecule has 1 aromatic heterocycles. The van der Waals surface area contributed by atoms with Crippen LogP contribution in [0.2, 0.25) is 0 Å². The van der Waals surface area contributed by atoms with Crippen LogP contribution in [0.25, 0.3) is 0 Å². The normalized spacial score (nSPS) is 15.3. The highest BCUT2D eigenvalue weighted by Crippen LogP contribution is 2.36. The Kier molecular flexibility index (Phi) is 4.60. The Morgan fingerprint density at radius 2 is 1.63 bits per heavy atom. The first-order chi connectivity index (χ1) is 14.7. The summed E-state index contributed by atoms with van der Waals surface area (Å²) < 4.78 is 13.0. The van der Waals surface area contributed by atoms with Crippen LogP contribution in [-0.4, -0.2) is 37.5 Å². The molecule has 7 heteroatoms. The Bertz CT molecular complexity index is 1090. The third-order valence-corrected chi connectivity index (χ3v) is 5.70. The number of anilines is 3. The lowest BCUT2D eigenvalue weighted by Crippen LogP contribution is -2.47. The minimum Gasteiger partial charge on any atom is -0.454 e. The second kappa shape index (κ2) is 7.56. The number of hydrogen-bond acceptors (Lipinski definition) is 6. The Morgan fingerprint density at radius 1 is 0.900 bits per heavy atom. The number of fused-ring (bicyclic) bond motifs is 1. The third kappa shape index (κ3) is 3.26. The second-order valence-electron chi connectivity index (χ2n) is 7.50. The van der Waals surface area contributed by atoms with Crippen molar-refractivity contribution in [2.75, 3.05) is 48.5 Å². The number of aromatic nitrogens is 1. The molecule has 152 valence electrons. The molecule has 2 aliphatic heterocycles. The number of nitrogen functional groups attached to an aromatic ring is 1. The van der Waals surface area contributed by atoms with Gasteiger partial charge in [0, 0.05) is 37.9 Å². The van der Waals surface area contributed by atoms with Gasteiger partial charge >= 0.3 is 0 Å². The lowest BCUT2D eigenvalue weighted by Gasteiger charge is -2.38. The molecular weight excluding hydrogens is 378 g/mol. The van der Waals surface area contributed by atoms with E-state index < -0.39 is 0 Å². The molecule has 0 aliphatic carbocycles. The smallest absolute Gasteiger partial charge is 0.231 e. The molecule has 7 nitrogen and oxygen atoms in total. The van der Waals surface area contributed by atoms with Gasteiger partial charge in [-0.25, -0.2) is 0 Å². The molecule has 0 amide bonds. The van der Waals surface area contributed by atoms with Crippen molar-refractivity contribution < 1.29 is 9.47 Å². The van der Waals surface area contributed by atoms with Crippen molar-refractivity contribution in [3.63, 3.8) is 0 Å². The van der Waals surface area contributed by atoms with Gasteiger partial charge in [0.05, 0.1) is 12.2 Å². The summed E-state index contributed by atoms with van der Waals surface area (Å²) in [5.41, 5.74) is 9.86. The predicted octanol–water partition coefficient (Wildman–Crippen LogP) is 3.05. The minimum absolute atomic E-state index is 0.283. The molecule has 3 aromatic rings. The largest absolute Gasteiger partial charge is 0.454 e. The molecule has 0 spiro atoms. The zero-order valence-corrected chi connectivity index (χ0v) is 16.6. The molecule has 0 bridgehead atoms. The van der Waals surface area contributed by atoms with Crippen molar-refractivity contribution in [2.45, 2.75) is 6.54 Å². The van der Waals surface area contributed by atoms with Gasteiger partial charge in [-0.05, 0) is 23.8 Å². The SMILES string of the molecule is N#Cc1cc(N)c(N2CCN(c3ccc4c(c3)OCO4)CC2)n1Cc1ccccc1. The summed E-state index contributed by atoms with van der Waals surface area (Å²) in [7, 11) is 0. The average molecular weight is 401 g/mol. The number of nitriles is 1. The van der Waals surface area contributed by atoms with E-state index in [9.17, 15) is 5.26 Å². The van der Waals surface area contributed by atoms with E-state index >= 15 is 0 Å². The van der Waals surface area contributed by atoms with Gasteiger partial charge in [0.15, 0.2) is 11.5 Å². The summed E-state index contributed by atoms with van der Waals surface area (Å²) >= 11 is 0. The first-order valence-electron chi connectivity index (χ1n) is 10.1. The van der Waals surface area contributed by atoms with Crippen molar-refractivity contribution in [2.24, 2.45) is 0 Å². The number of benzene rings is 2. The Hall–Kier alpha value is -3.79. The molecule has 2 aliphatic rings. The molecule has 1 saturated heterocycles. The van der Waals surface area contributed by atoms with E-state index in [1.54, 1.807) is 6.07 Å². The maximum Gasteiger partial charge on any atom is 0.231 e. The average Bonchev–Trinajstić information content (AvgIpc) is 3.38. The van der Waals surface area contributed by atoms with Crippen molar-refractivity contribution in [1.29, 1.82) is 5.26 Å². The molecule has 0 saturated carbocycles. The van der Waals surface area contributed by atoms with Gasteiger partial charge in [-0.15, -0.1) is 0 Å². The zero-order valence-electron chi connectivity index (χ0n) is 16.6. The summed E-state index contributed by atoms with van der Waals surface area (Å²) in [6.45, 7) is 4.27. The van der Waals surface area contributed by atoms with Crippen LogP contribution >= 0.6 is 0 Å². The standard InChI is InChI=1S/C23H23N5O2/c24-14-19-12-20(25)23(28(19)15-17-4-2-1-3-5-17)27-10-8-26(9-11-27)18-6-7-21-22(13-18)30-16-29-21/h1-7,12-13H,8-11,15-16,25H2. The summed E-state index contributed by atoms with van der Waals surface area (Å²) in [6.07, 6.45) is 0. The van der Waals surface area contributed by atoms with Crippen LogP contribution in [0.5, 0.6) is 11.5 Å². The fourth-order valence-corrected chi connectivity index (χ4v) is 4.19. The van der Waals surface area contributed by atoms with Crippen molar-refractivity contribution >= 4 is 17.2 Å². The van der Waals surface area contributed by atoms with Crippen LogP contribution < -0.4 is 25.0 Å². The van der Waals surface area contributed by atoms with E-state index in [4.69, 9.17) is 15.2 Å². The molecule has 0 atom stereocenters. The highest BCUT2D eigenvalue weighted by Gasteiger charge is 2.25. The maximum atomic E-state index is 9.62. The number of nitrogens with two attached hydrogens (primary N) is 1. The third-order valence-electron chi connectivity index (χ3n) is 5.70. The number of nitrogens with zero attached hydrogens (tertiary/aromatic N) is 4. The van der Waals surface area contributed by atoms with E-state index in [1.807, 2.05) is 34.9 Å². The number of ether oxygens (including phenoxy) is 2. The van der Waals surface area contributed by atoms with E-state index in [0.29, 0.717) is 17.9 Å². The molecule has 0 unspecified atom stereocenters. The zero-order chi connectivity index (χ0) is 20.5. The second-order valence-corrected chi connectivity index (χ2v) is 7.50. The predicted molar refractivity (Wildman–Crippen MR) is 116 cm³/mol. The Labute approximate surface area is 175 Å². The number of hydrogen-bond donors (Lipinski definition) is 1. The summed E-state index contributed by atoms with van der Waals surface area (Å²) in [5, 5.41) is 9.62. The minimum atomic E-state index is 0.283. The lowest BCUT2D eigenvalue weighted by molar-refractivity contribution is 0.174. The lowest BCUT2D eigenvalue weighted by atomic mass is 10.2. The number of piperazine rings is 1. The Balaban J connectivity index is 1.36. The monoisotopic (exact) mass is 401 g/mol. The summed E-state index contributed by atoms with van der Waals surface area (Å²) in [5.74, 6) is 2.53. The molecule has 3 heterocycles. The highest BCUT2D eigenvalue weighted by molar-refractivity contribution is 5.69. The van der Waals surface area contributed by atoms with Gasteiger partial charge in [0.25, 0.3) is 0 Å². The highest BCUT2D eigenvalue weighted by atomic mass is 16.7. The fraction of sp³-hybridized carbons (Fsp3) is 0.261. The van der Waals surface area contributed by atoms with Gasteiger partial charge in [-0.1, -0.05) is 30.3 Å². The molecule has 5 rings (SSSR count). The summed E-state index contributed by atoms with van der Waals surface area (Å²) in [4.78, 5) is 4.62. The maximum absolute atomic E-state index is 9.62. The van der Waals surface area contributed by atoms with Gasteiger partial charge in [-0.2, -0.15) is 5.26 Å². The van der Waals surface area contributed by atoms with Crippen LogP contribution in [0.15, 0.2) is 54.6 Å². The topological polar surface area (TPSA) is 79.7 Å². The first kappa shape index (κ1) is 18.3. The molecule has 2 aromatic carbocycles. The molecule has 0 radical (unpaired) electrons. The molecular formula is C23H23N5O2. The first-order valence-corrected chi connectivity index (χ1v) is 10.1.